The van der Waals surface area contributed by atoms with Gasteiger partial charge in [0.05, 0.1) is 6.07 Å². The number of H-pyrrole nitrogens is 1. The summed E-state index contributed by atoms with van der Waals surface area (Å²) in [6, 6.07) is 10.4. The van der Waals surface area contributed by atoms with Crippen molar-refractivity contribution in [2.24, 2.45) is 0 Å². The van der Waals surface area contributed by atoms with Crippen LogP contribution in [-0.2, 0) is 0 Å². The Bertz CT molecular complexity index is 503. The third-order valence-corrected chi connectivity index (χ3v) is 2.86. The molecule has 0 radical (unpaired) electrons. The number of benzene rings is 1. The first-order valence-corrected chi connectivity index (χ1v) is 5.71. The van der Waals surface area contributed by atoms with Gasteiger partial charge in [-0.1, -0.05) is 38.1 Å². The summed E-state index contributed by atoms with van der Waals surface area (Å²) in [5.41, 5.74) is 2.26. The number of aromatic amines is 1. The van der Waals surface area contributed by atoms with E-state index in [1.165, 1.54) is 5.56 Å². The second-order valence-electron chi connectivity index (χ2n) is 4.36. The number of hydrogen-bond donors (Lipinski definition) is 1. The molecule has 1 aromatic heterocycles. The van der Waals surface area contributed by atoms with Crippen LogP contribution in [-0.4, -0.2) is 9.97 Å². The Morgan fingerprint density at radius 2 is 1.82 bits per heavy atom. The molecule has 0 saturated carbocycles. The van der Waals surface area contributed by atoms with Crippen molar-refractivity contribution in [2.45, 2.75) is 25.7 Å². The maximum Gasteiger partial charge on any atom is 0.129 e. The maximum absolute atomic E-state index is 9.22. The molecule has 0 aliphatic carbocycles. The average molecular weight is 225 g/mol. The monoisotopic (exact) mass is 225 g/mol. The van der Waals surface area contributed by atoms with Crippen LogP contribution in [0.5, 0.6) is 0 Å². The zero-order valence-corrected chi connectivity index (χ0v) is 10.0. The molecule has 2 aromatic rings. The molecule has 3 nitrogen and oxygen atoms in total. The van der Waals surface area contributed by atoms with Gasteiger partial charge in [0, 0.05) is 12.4 Å². The van der Waals surface area contributed by atoms with Gasteiger partial charge < -0.3 is 4.98 Å². The van der Waals surface area contributed by atoms with E-state index < -0.39 is 0 Å². The lowest BCUT2D eigenvalue weighted by atomic mass is 9.95. The highest BCUT2D eigenvalue weighted by atomic mass is 14.9. The van der Waals surface area contributed by atoms with Crippen LogP contribution < -0.4 is 0 Å². The minimum Gasteiger partial charge on any atom is -0.347 e. The Morgan fingerprint density at radius 3 is 2.29 bits per heavy atom. The topological polar surface area (TPSA) is 52.5 Å². The SMILES string of the molecule is CC(C)c1ccc(C(C#N)c2ncc[nH]2)cc1. The molecule has 17 heavy (non-hydrogen) atoms. The highest BCUT2D eigenvalue weighted by molar-refractivity contribution is 5.34. The lowest BCUT2D eigenvalue weighted by molar-refractivity contribution is 0.861. The van der Waals surface area contributed by atoms with Crippen molar-refractivity contribution in [3.8, 4) is 6.07 Å². The van der Waals surface area contributed by atoms with Gasteiger partial charge in [-0.05, 0) is 17.0 Å². The van der Waals surface area contributed by atoms with E-state index >= 15 is 0 Å². The highest BCUT2D eigenvalue weighted by Gasteiger charge is 2.15. The Kier molecular flexibility index (Phi) is 3.24. The average Bonchev–Trinajstić information content (AvgIpc) is 2.84. The molecule has 1 N–H and O–H groups in total. The lowest BCUT2D eigenvalue weighted by Crippen LogP contribution is -2.01. The van der Waals surface area contributed by atoms with Crippen molar-refractivity contribution < 1.29 is 0 Å². The Labute approximate surface area is 101 Å². The molecule has 0 fully saturated rings. The molecule has 0 bridgehead atoms. The van der Waals surface area contributed by atoms with Gasteiger partial charge >= 0.3 is 0 Å². The van der Waals surface area contributed by atoms with Crippen molar-refractivity contribution >= 4 is 0 Å². The van der Waals surface area contributed by atoms with Crippen molar-refractivity contribution in [3.05, 3.63) is 53.6 Å². The van der Waals surface area contributed by atoms with Crippen LogP contribution in [0.25, 0.3) is 0 Å². The van der Waals surface area contributed by atoms with E-state index in [1.807, 2.05) is 12.1 Å². The van der Waals surface area contributed by atoms with Gasteiger partial charge in [-0.25, -0.2) is 4.98 Å². The van der Waals surface area contributed by atoms with Gasteiger partial charge in [-0.15, -0.1) is 0 Å². The van der Waals surface area contributed by atoms with Crippen LogP contribution in [0.4, 0.5) is 0 Å². The van der Waals surface area contributed by atoms with E-state index in [0.29, 0.717) is 11.7 Å². The van der Waals surface area contributed by atoms with Gasteiger partial charge in [0.25, 0.3) is 0 Å². The first-order valence-electron chi connectivity index (χ1n) is 5.71. The summed E-state index contributed by atoms with van der Waals surface area (Å²) in [5, 5.41) is 9.22. The van der Waals surface area contributed by atoms with Gasteiger partial charge in [-0.2, -0.15) is 5.26 Å². The molecule has 0 saturated heterocycles. The minimum atomic E-state index is -0.314. The van der Waals surface area contributed by atoms with Crippen LogP contribution in [0.1, 0.15) is 42.6 Å². The van der Waals surface area contributed by atoms with Gasteiger partial charge in [0.2, 0.25) is 0 Å². The molecule has 0 spiro atoms. The predicted octanol–water partition coefficient (Wildman–Crippen LogP) is 3.19. The molecule has 0 amide bonds. The standard InChI is InChI=1S/C14H15N3/c1-10(2)11-3-5-12(6-4-11)13(9-15)14-16-7-8-17-14/h3-8,10,13H,1-2H3,(H,16,17). The fraction of sp³-hybridized carbons (Fsp3) is 0.286. The second kappa shape index (κ2) is 4.84. The highest BCUT2D eigenvalue weighted by Crippen LogP contribution is 2.23. The summed E-state index contributed by atoms with van der Waals surface area (Å²) in [6.07, 6.45) is 3.41. The molecule has 1 heterocycles. The quantitative estimate of drug-likeness (QED) is 0.872. The Hall–Kier alpha value is -2.08. The molecule has 0 aliphatic rings. The zero-order valence-electron chi connectivity index (χ0n) is 10.0. The molecule has 3 heteroatoms. The molecule has 0 aliphatic heterocycles. The first-order chi connectivity index (χ1) is 8.22. The maximum atomic E-state index is 9.22. The third-order valence-electron chi connectivity index (χ3n) is 2.86. The summed E-state index contributed by atoms with van der Waals surface area (Å²) in [5.74, 6) is 0.893. The van der Waals surface area contributed by atoms with Gasteiger partial charge in [0.1, 0.15) is 11.7 Å². The fourth-order valence-electron chi connectivity index (χ4n) is 1.80. The second-order valence-corrected chi connectivity index (χ2v) is 4.36. The number of hydrogen-bond acceptors (Lipinski definition) is 2. The van der Waals surface area contributed by atoms with E-state index in [1.54, 1.807) is 12.4 Å². The van der Waals surface area contributed by atoms with Gasteiger partial charge in [-0.3, -0.25) is 0 Å². The molecular formula is C14H15N3. The summed E-state index contributed by atoms with van der Waals surface area (Å²) in [7, 11) is 0. The number of rotatable bonds is 3. The minimum absolute atomic E-state index is 0.314. The number of nitriles is 1. The first kappa shape index (κ1) is 11.4. The fourth-order valence-corrected chi connectivity index (χ4v) is 1.80. The number of nitrogens with one attached hydrogen (secondary N) is 1. The molecule has 1 atom stereocenters. The van der Waals surface area contributed by atoms with Gasteiger partial charge in [0.15, 0.2) is 0 Å². The largest absolute Gasteiger partial charge is 0.347 e. The number of imidazole rings is 1. The third kappa shape index (κ3) is 2.36. The number of nitrogens with zero attached hydrogens (tertiary/aromatic N) is 2. The zero-order chi connectivity index (χ0) is 12.3. The van der Waals surface area contributed by atoms with Crippen LogP contribution in [0, 0.1) is 11.3 Å². The molecule has 1 unspecified atom stereocenters. The predicted molar refractivity (Wildman–Crippen MR) is 66.6 cm³/mol. The smallest absolute Gasteiger partial charge is 0.129 e. The summed E-state index contributed by atoms with van der Waals surface area (Å²) >= 11 is 0. The lowest BCUT2D eigenvalue weighted by Gasteiger charge is -2.09. The van der Waals surface area contributed by atoms with Crippen molar-refractivity contribution in [1.29, 1.82) is 5.26 Å². The van der Waals surface area contributed by atoms with Crippen molar-refractivity contribution in [2.75, 3.05) is 0 Å². The van der Waals surface area contributed by atoms with E-state index in [9.17, 15) is 5.26 Å². The summed E-state index contributed by atoms with van der Waals surface area (Å²) in [4.78, 5) is 7.13. The van der Waals surface area contributed by atoms with Crippen LogP contribution in [0.3, 0.4) is 0 Å². The van der Waals surface area contributed by atoms with E-state index in [0.717, 1.165) is 5.56 Å². The summed E-state index contributed by atoms with van der Waals surface area (Å²) in [6.45, 7) is 4.31. The van der Waals surface area contributed by atoms with E-state index in [2.05, 4.69) is 42.0 Å². The summed E-state index contributed by atoms with van der Waals surface area (Å²) < 4.78 is 0. The Balaban J connectivity index is 2.30. The van der Waals surface area contributed by atoms with Crippen LogP contribution in [0.2, 0.25) is 0 Å². The van der Waals surface area contributed by atoms with Crippen LogP contribution >= 0.6 is 0 Å². The molecule has 1 aromatic carbocycles. The molecule has 86 valence electrons. The van der Waals surface area contributed by atoms with E-state index in [4.69, 9.17) is 0 Å². The van der Waals surface area contributed by atoms with Crippen LogP contribution in [0.15, 0.2) is 36.7 Å². The van der Waals surface area contributed by atoms with Crippen molar-refractivity contribution in [1.82, 2.24) is 9.97 Å². The molecular weight excluding hydrogens is 210 g/mol. The van der Waals surface area contributed by atoms with E-state index in [-0.39, 0.29) is 5.92 Å². The molecule has 2 rings (SSSR count). The normalized spacial score (nSPS) is 12.4. The Morgan fingerprint density at radius 1 is 1.18 bits per heavy atom. The number of aromatic nitrogens is 2. The van der Waals surface area contributed by atoms with Crippen molar-refractivity contribution in [3.63, 3.8) is 0 Å².